The van der Waals surface area contributed by atoms with E-state index in [4.69, 9.17) is 0 Å². The molecule has 1 radical (unpaired) electrons. The van der Waals surface area contributed by atoms with Crippen molar-refractivity contribution < 1.29 is 8.42 Å². The van der Waals surface area contributed by atoms with E-state index in [9.17, 15) is 8.42 Å². The van der Waals surface area contributed by atoms with Gasteiger partial charge in [-0.3, -0.25) is 0 Å². The number of hydrogen-bond donors (Lipinski definition) is 1. The maximum atomic E-state index is 10.9. The lowest BCUT2D eigenvalue weighted by molar-refractivity contribution is 0.525. The van der Waals surface area contributed by atoms with Crippen molar-refractivity contribution in [2.45, 2.75) is 121 Å². The Morgan fingerprint density at radius 3 is 1.30 bits per heavy atom. The first-order chi connectivity index (χ1) is 11.2. The van der Waals surface area contributed by atoms with Gasteiger partial charge in [-0.15, -0.1) is 0 Å². The highest BCUT2D eigenvalue weighted by atomic mass is 32.2. The summed E-state index contributed by atoms with van der Waals surface area (Å²) in [4.78, 5) is 0. The fourth-order valence-electron chi connectivity index (χ4n) is 3.11. The molecule has 1 atom stereocenters. The van der Waals surface area contributed by atoms with Crippen LogP contribution in [0.2, 0.25) is 0 Å². The molecule has 0 aromatic heterocycles. The lowest BCUT2D eigenvalue weighted by atomic mass is 10.0. The molecule has 0 aromatic carbocycles. The van der Waals surface area contributed by atoms with Crippen LogP contribution in [0.5, 0.6) is 0 Å². The van der Waals surface area contributed by atoms with Gasteiger partial charge in [0.2, 0.25) is 0 Å². The molecule has 0 aliphatic heterocycles. The zero-order chi connectivity index (χ0) is 17.2. The van der Waals surface area contributed by atoms with Gasteiger partial charge in [0.25, 0.3) is 0 Å². The predicted octanol–water partition coefficient (Wildman–Crippen LogP) is 6.45. The Morgan fingerprint density at radius 1 is 0.652 bits per heavy atom. The molecule has 0 bridgehead atoms. The molecule has 0 aromatic rings. The van der Waals surface area contributed by atoms with Crippen LogP contribution in [0.25, 0.3) is 0 Å². The van der Waals surface area contributed by atoms with E-state index in [1.54, 1.807) is 0 Å². The highest BCUT2D eigenvalue weighted by Gasteiger charge is 2.07. The van der Waals surface area contributed by atoms with E-state index in [-0.39, 0.29) is 5.25 Å². The van der Waals surface area contributed by atoms with Crippen molar-refractivity contribution in [3.63, 3.8) is 0 Å². The van der Waals surface area contributed by atoms with Crippen LogP contribution in [0.4, 0.5) is 0 Å². The standard InChI is InChI=1S/C20H41O2S/c1-3-5-6-7-8-9-10-11-12-13-14-15-16-17-18-19-20(4-2)23(21)22/h20,23H,2-19H2,1H3. The van der Waals surface area contributed by atoms with Crippen molar-refractivity contribution in [3.05, 3.63) is 6.92 Å². The minimum atomic E-state index is -2.27. The largest absolute Gasteiger partial charge is 0.232 e. The van der Waals surface area contributed by atoms with Gasteiger partial charge in [-0.05, 0) is 12.8 Å². The first-order valence-corrected chi connectivity index (χ1v) is 11.4. The van der Waals surface area contributed by atoms with Gasteiger partial charge in [-0.2, -0.15) is 0 Å². The highest BCUT2D eigenvalue weighted by molar-refractivity contribution is 7.73. The summed E-state index contributed by atoms with van der Waals surface area (Å²) >= 11 is 0. The summed E-state index contributed by atoms with van der Waals surface area (Å²) in [6.07, 6.45) is 21.6. The quantitative estimate of drug-likeness (QED) is 0.229. The van der Waals surface area contributed by atoms with E-state index < -0.39 is 10.7 Å². The van der Waals surface area contributed by atoms with Crippen LogP contribution in [0.15, 0.2) is 0 Å². The zero-order valence-corrected chi connectivity index (χ0v) is 16.5. The van der Waals surface area contributed by atoms with Gasteiger partial charge in [0, 0.05) is 0 Å². The lowest BCUT2D eigenvalue weighted by Gasteiger charge is -2.07. The normalized spacial score (nSPS) is 12.8. The molecule has 0 rings (SSSR count). The summed E-state index contributed by atoms with van der Waals surface area (Å²) in [6.45, 7) is 5.98. The number of unbranched alkanes of at least 4 members (excludes halogenated alkanes) is 14. The molecular weight excluding hydrogens is 304 g/mol. The molecule has 3 heteroatoms. The van der Waals surface area contributed by atoms with Gasteiger partial charge in [0.05, 0.1) is 5.25 Å². The number of hydrogen-bond acceptors (Lipinski definition) is 2. The summed E-state index contributed by atoms with van der Waals surface area (Å²) in [5, 5.41) is -0.188. The van der Waals surface area contributed by atoms with Crippen LogP contribution in [-0.2, 0) is 10.7 Å². The molecule has 0 amide bonds. The summed E-state index contributed by atoms with van der Waals surface area (Å²) in [5.74, 6) is 0. The van der Waals surface area contributed by atoms with Gasteiger partial charge >= 0.3 is 0 Å². The Kier molecular flexibility index (Phi) is 18.3. The first kappa shape index (κ1) is 22.9. The molecule has 0 N–H and O–H groups in total. The van der Waals surface area contributed by atoms with Gasteiger partial charge < -0.3 is 0 Å². The highest BCUT2D eigenvalue weighted by Crippen LogP contribution is 2.14. The second-order valence-corrected chi connectivity index (χ2v) is 8.27. The Morgan fingerprint density at radius 2 is 1.00 bits per heavy atom. The third-order valence-electron chi connectivity index (χ3n) is 4.77. The van der Waals surface area contributed by atoms with E-state index in [2.05, 4.69) is 13.8 Å². The fourth-order valence-corrected chi connectivity index (χ4v) is 3.71. The van der Waals surface area contributed by atoms with Crippen LogP contribution < -0.4 is 0 Å². The summed E-state index contributed by atoms with van der Waals surface area (Å²) in [5.41, 5.74) is 0. The molecule has 139 valence electrons. The van der Waals surface area contributed by atoms with Crippen molar-refractivity contribution in [2.75, 3.05) is 0 Å². The third kappa shape index (κ3) is 16.6. The van der Waals surface area contributed by atoms with E-state index in [1.165, 1.54) is 89.9 Å². The average molecular weight is 346 g/mol. The SMILES string of the molecule is [CH2]CC(CCCCCCCCCCCCCCCCC)[SH](=O)=O. The van der Waals surface area contributed by atoms with Gasteiger partial charge in [-0.25, -0.2) is 8.42 Å². The Hall–Kier alpha value is -0.0500. The summed E-state index contributed by atoms with van der Waals surface area (Å²) in [6, 6.07) is 0. The van der Waals surface area contributed by atoms with E-state index >= 15 is 0 Å². The topological polar surface area (TPSA) is 34.1 Å². The maximum Gasteiger partial charge on any atom is 0.143 e. The van der Waals surface area contributed by atoms with Crippen LogP contribution in [-0.4, -0.2) is 13.7 Å². The van der Waals surface area contributed by atoms with E-state index in [0.29, 0.717) is 6.42 Å². The second-order valence-electron chi connectivity index (χ2n) is 6.97. The average Bonchev–Trinajstić information content (AvgIpc) is 2.54. The number of thiol groups is 1. The molecule has 0 fully saturated rings. The molecule has 23 heavy (non-hydrogen) atoms. The lowest BCUT2D eigenvalue weighted by Crippen LogP contribution is -2.07. The molecule has 0 spiro atoms. The monoisotopic (exact) mass is 345 g/mol. The Balaban J connectivity index is 3.13. The van der Waals surface area contributed by atoms with Gasteiger partial charge in [0.15, 0.2) is 0 Å². The van der Waals surface area contributed by atoms with Crippen molar-refractivity contribution in [1.29, 1.82) is 0 Å². The Labute approximate surface area is 147 Å². The zero-order valence-electron chi connectivity index (χ0n) is 15.6. The van der Waals surface area contributed by atoms with Crippen LogP contribution in [0.3, 0.4) is 0 Å². The van der Waals surface area contributed by atoms with Gasteiger partial charge in [-0.1, -0.05) is 110 Å². The smallest absolute Gasteiger partial charge is 0.143 e. The summed E-state index contributed by atoms with van der Waals surface area (Å²) < 4.78 is 21.8. The van der Waals surface area contributed by atoms with Crippen molar-refractivity contribution in [1.82, 2.24) is 0 Å². The molecular formula is C20H41O2S. The Bertz CT molecular complexity index is 292. The first-order valence-electron chi connectivity index (χ1n) is 10.1. The minimum absolute atomic E-state index is 0.188. The maximum absolute atomic E-state index is 10.9. The van der Waals surface area contributed by atoms with Crippen molar-refractivity contribution >= 4 is 10.7 Å². The van der Waals surface area contributed by atoms with Crippen LogP contribution in [0, 0.1) is 6.92 Å². The third-order valence-corrected chi connectivity index (χ3v) is 5.88. The van der Waals surface area contributed by atoms with Crippen LogP contribution in [0.1, 0.15) is 116 Å². The van der Waals surface area contributed by atoms with Gasteiger partial charge in [0.1, 0.15) is 10.7 Å². The van der Waals surface area contributed by atoms with E-state index in [0.717, 1.165) is 12.8 Å². The molecule has 0 aliphatic rings. The summed E-state index contributed by atoms with van der Waals surface area (Å²) in [7, 11) is -2.27. The molecule has 0 saturated heterocycles. The molecule has 1 unspecified atom stereocenters. The minimum Gasteiger partial charge on any atom is -0.232 e. The van der Waals surface area contributed by atoms with Crippen LogP contribution >= 0.6 is 0 Å². The molecule has 0 aliphatic carbocycles. The second kappa shape index (κ2) is 18.3. The van der Waals surface area contributed by atoms with E-state index in [1.807, 2.05) is 0 Å². The fraction of sp³-hybridized carbons (Fsp3) is 0.950. The predicted molar refractivity (Wildman–Crippen MR) is 104 cm³/mol. The molecule has 0 heterocycles. The van der Waals surface area contributed by atoms with Crippen molar-refractivity contribution in [3.8, 4) is 0 Å². The molecule has 0 saturated carbocycles. The number of rotatable bonds is 18. The molecule has 2 nitrogen and oxygen atoms in total. The van der Waals surface area contributed by atoms with Crippen molar-refractivity contribution in [2.24, 2.45) is 0 Å².